The monoisotopic (exact) mass is 376 g/mol. The number of piperazine rings is 1. The Morgan fingerprint density at radius 2 is 2.00 bits per heavy atom. The summed E-state index contributed by atoms with van der Waals surface area (Å²) in [6.45, 7) is 7.66. The summed E-state index contributed by atoms with van der Waals surface area (Å²) in [7, 11) is 2.11. The highest BCUT2D eigenvalue weighted by Crippen LogP contribution is 2.33. The molecule has 1 saturated carbocycles. The summed E-state index contributed by atoms with van der Waals surface area (Å²) in [6, 6.07) is 4.64. The topological polar surface area (TPSA) is 61.6 Å². The molecule has 1 heterocycles. The van der Waals surface area contributed by atoms with E-state index in [9.17, 15) is 9.18 Å². The van der Waals surface area contributed by atoms with Gasteiger partial charge in [0.15, 0.2) is 0 Å². The van der Waals surface area contributed by atoms with Gasteiger partial charge >= 0.3 is 0 Å². The third kappa shape index (κ3) is 4.61. The standard InChI is InChI=1S/C21H33FN4O/c1-15(24-20(27)18-6-4-5-9-21(18,2)23)17-14-16(22)7-8-19(17)26-12-10-25(3)11-13-26/h7-8,14-15,18H,4-6,9-13,23H2,1-3H3,(H,24,27). The molecule has 0 spiro atoms. The number of benzene rings is 1. The molecule has 0 aromatic heterocycles. The van der Waals surface area contributed by atoms with E-state index in [0.29, 0.717) is 0 Å². The van der Waals surface area contributed by atoms with E-state index in [2.05, 4.69) is 22.2 Å². The third-order valence-corrected chi connectivity index (χ3v) is 6.23. The van der Waals surface area contributed by atoms with Crippen LogP contribution in [0.3, 0.4) is 0 Å². The van der Waals surface area contributed by atoms with E-state index in [1.54, 1.807) is 6.07 Å². The van der Waals surface area contributed by atoms with E-state index in [1.807, 2.05) is 19.9 Å². The molecule has 6 heteroatoms. The molecule has 3 rings (SSSR count). The Morgan fingerprint density at radius 1 is 1.30 bits per heavy atom. The summed E-state index contributed by atoms with van der Waals surface area (Å²) in [5.74, 6) is -0.472. The first-order valence-electron chi connectivity index (χ1n) is 10.1. The fourth-order valence-corrected chi connectivity index (χ4v) is 4.39. The Bertz CT molecular complexity index is 670. The molecule has 27 heavy (non-hydrogen) atoms. The van der Waals surface area contributed by atoms with Gasteiger partial charge in [-0.3, -0.25) is 4.79 Å². The number of carbonyl (C=O) groups excluding carboxylic acids is 1. The average Bonchev–Trinajstić information content (AvgIpc) is 2.62. The minimum absolute atomic E-state index is 0.0132. The van der Waals surface area contributed by atoms with Gasteiger partial charge in [0.1, 0.15) is 5.82 Å². The van der Waals surface area contributed by atoms with E-state index in [1.165, 1.54) is 6.07 Å². The smallest absolute Gasteiger partial charge is 0.225 e. The highest BCUT2D eigenvalue weighted by atomic mass is 19.1. The zero-order chi connectivity index (χ0) is 19.6. The van der Waals surface area contributed by atoms with E-state index >= 15 is 0 Å². The first-order chi connectivity index (χ1) is 12.8. The van der Waals surface area contributed by atoms with Gasteiger partial charge in [0.05, 0.1) is 12.0 Å². The van der Waals surface area contributed by atoms with Gasteiger partial charge in [-0.2, -0.15) is 0 Å². The number of hydrogen-bond acceptors (Lipinski definition) is 4. The SMILES string of the molecule is CC(NC(=O)C1CCCCC1(C)N)c1cc(F)ccc1N1CCN(C)CC1. The summed E-state index contributed by atoms with van der Waals surface area (Å²) in [5.41, 5.74) is 7.77. The second kappa shape index (κ2) is 8.15. The number of anilines is 1. The number of amides is 1. The fraction of sp³-hybridized carbons (Fsp3) is 0.667. The Morgan fingerprint density at radius 3 is 2.67 bits per heavy atom. The van der Waals surface area contributed by atoms with Crippen molar-refractivity contribution < 1.29 is 9.18 Å². The molecule has 1 amide bonds. The maximum Gasteiger partial charge on any atom is 0.225 e. The Labute approximate surface area is 162 Å². The Hall–Kier alpha value is -1.66. The normalized spacial score (nSPS) is 28.0. The van der Waals surface area contributed by atoms with E-state index < -0.39 is 5.54 Å². The highest BCUT2D eigenvalue weighted by molar-refractivity contribution is 5.81. The second-order valence-corrected chi connectivity index (χ2v) is 8.53. The lowest BCUT2D eigenvalue weighted by atomic mass is 9.74. The van der Waals surface area contributed by atoms with Gasteiger partial charge in [-0.1, -0.05) is 12.8 Å². The predicted octanol–water partition coefficient (Wildman–Crippen LogP) is 2.66. The van der Waals surface area contributed by atoms with E-state index in [0.717, 1.165) is 63.1 Å². The van der Waals surface area contributed by atoms with Crippen LogP contribution in [-0.4, -0.2) is 49.6 Å². The largest absolute Gasteiger partial charge is 0.369 e. The average molecular weight is 377 g/mol. The van der Waals surface area contributed by atoms with Crippen LogP contribution in [0.15, 0.2) is 18.2 Å². The summed E-state index contributed by atoms with van der Waals surface area (Å²) in [4.78, 5) is 17.5. The van der Waals surface area contributed by atoms with Crippen LogP contribution >= 0.6 is 0 Å². The number of nitrogens with two attached hydrogens (primary N) is 1. The Kier molecular flexibility index (Phi) is 6.06. The molecule has 0 radical (unpaired) electrons. The molecule has 3 unspecified atom stereocenters. The maximum atomic E-state index is 14.0. The van der Waals surface area contributed by atoms with Crippen molar-refractivity contribution in [3.63, 3.8) is 0 Å². The number of nitrogens with zero attached hydrogens (tertiary/aromatic N) is 2. The van der Waals surface area contributed by atoms with Crippen molar-refractivity contribution in [2.75, 3.05) is 38.1 Å². The lowest BCUT2D eigenvalue weighted by Crippen LogP contribution is -2.53. The van der Waals surface area contributed by atoms with Crippen molar-refractivity contribution in [1.82, 2.24) is 10.2 Å². The van der Waals surface area contributed by atoms with E-state index in [4.69, 9.17) is 5.73 Å². The third-order valence-electron chi connectivity index (χ3n) is 6.23. The molecule has 5 nitrogen and oxygen atoms in total. The number of rotatable bonds is 4. The lowest BCUT2D eigenvalue weighted by molar-refractivity contribution is -0.128. The van der Waals surface area contributed by atoms with Crippen molar-refractivity contribution in [3.05, 3.63) is 29.6 Å². The van der Waals surface area contributed by atoms with Crippen LogP contribution < -0.4 is 16.0 Å². The molecular formula is C21H33FN4O. The fourth-order valence-electron chi connectivity index (χ4n) is 4.39. The molecular weight excluding hydrogens is 343 g/mol. The van der Waals surface area contributed by atoms with E-state index in [-0.39, 0.29) is 23.7 Å². The summed E-state index contributed by atoms with van der Waals surface area (Å²) in [6.07, 6.45) is 3.79. The molecule has 2 aliphatic rings. The van der Waals surface area contributed by atoms with Crippen LogP contribution in [0.4, 0.5) is 10.1 Å². The minimum atomic E-state index is -0.468. The maximum absolute atomic E-state index is 14.0. The number of hydrogen-bond donors (Lipinski definition) is 2. The molecule has 1 aliphatic carbocycles. The summed E-state index contributed by atoms with van der Waals surface area (Å²) >= 11 is 0. The van der Waals surface area contributed by atoms with Crippen molar-refractivity contribution in [1.29, 1.82) is 0 Å². The van der Waals surface area contributed by atoms with Crippen LogP contribution in [0.5, 0.6) is 0 Å². The molecule has 1 aromatic carbocycles. The van der Waals surface area contributed by atoms with Crippen molar-refractivity contribution in [3.8, 4) is 0 Å². The first-order valence-corrected chi connectivity index (χ1v) is 10.1. The van der Waals surface area contributed by atoms with Crippen molar-refractivity contribution in [2.45, 2.75) is 51.1 Å². The zero-order valence-electron chi connectivity index (χ0n) is 16.8. The van der Waals surface area contributed by atoms with Gasteiger partial charge in [0.25, 0.3) is 0 Å². The molecule has 1 aromatic rings. The van der Waals surface area contributed by atoms with Gasteiger partial charge in [-0.25, -0.2) is 4.39 Å². The molecule has 2 fully saturated rings. The number of halogens is 1. The van der Waals surface area contributed by atoms with Crippen LogP contribution in [0.2, 0.25) is 0 Å². The first kappa shape index (κ1) is 20.1. The zero-order valence-corrected chi connectivity index (χ0v) is 16.8. The van der Waals surface area contributed by atoms with Crippen LogP contribution in [0.1, 0.15) is 51.1 Å². The Balaban J connectivity index is 1.76. The molecule has 150 valence electrons. The van der Waals surface area contributed by atoms with Gasteiger partial charge in [0.2, 0.25) is 5.91 Å². The molecule has 1 aliphatic heterocycles. The second-order valence-electron chi connectivity index (χ2n) is 8.53. The summed E-state index contributed by atoms with van der Waals surface area (Å²) < 4.78 is 14.0. The molecule has 1 saturated heterocycles. The van der Waals surface area contributed by atoms with Crippen LogP contribution in [0.25, 0.3) is 0 Å². The predicted molar refractivity (Wildman–Crippen MR) is 107 cm³/mol. The number of nitrogens with one attached hydrogen (secondary N) is 1. The minimum Gasteiger partial charge on any atom is -0.369 e. The van der Waals surface area contributed by atoms with Gasteiger partial charge in [0, 0.05) is 43.0 Å². The van der Waals surface area contributed by atoms with Crippen molar-refractivity contribution in [2.24, 2.45) is 11.7 Å². The summed E-state index contributed by atoms with van der Waals surface area (Å²) in [5, 5.41) is 3.11. The van der Waals surface area contributed by atoms with Crippen molar-refractivity contribution >= 4 is 11.6 Å². The van der Waals surface area contributed by atoms with Gasteiger partial charge in [-0.15, -0.1) is 0 Å². The highest BCUT2D eigenvalue weighted by Gasteiger charge is 2.38. The van der Waals surface area contributed by atoms with Crippen LogP contribution in [-0.2, 0) is 4.79 Å². The number of likely N-dealkylation sites (N-methyl/N-ethyl adjacent to an activating group) is 1. The number of carbonyl (C=O) groups is 1. The van der Waals surface area contributed by atoms with Gasteiger partial charge < -0.3 is 20.9 Å². The molecule has 3 N–H and O–H groups in total. The lowest BCUT2D eigenvalue weighted by Gasteiger charge is -2.38. The van der Waals surface area contributed by atoms with Gasteiger partial charge in [-0.05, 0) is 51.9 Å². The molecule has 0 bridgehead atoms. The van der Waals surface area contributed by atoms with Crippen LogP contribution in [0, 0.1) is 11.7 Å². The quantitative estimate of drug-likeness (QED) is 0.848. The molecule has 3 atom stereocenters.